The van der Waals surface area contributed by atoms with Gasteiger partial charge in [-0.15, -0.1) is 0 Å². The molecule has 0 aliphatic rings. The van der Waals surface area contributed by atoms with Crippen LogP contribution in [0, 0.1) is 5.41 Å². The third-order valence-electron chi connectivity index (χ3n) is 5.81. The van der Waals surface area contributed by atoms with E-state index in [9.17, 15) is 18.0 Å². The summed E-state index contributed by atoms with van der Waals surface area (Å²) in [6.07, 6.45) is -3.11. The van der Waals surface area contributed by atoms with Gasteiger partial charge >= 0.3 is 6.18 Å². The molecule has 4 aromatic rings. The Kier molecular flexibility index (Phi) is 6.76. The number of alkyl halides is 3. The molecule has 0 unspecified atom stereocenters. The van der Waals surface area contributed by atoms with Gasteiger partial charge in [0.2, 0.25) is 5.89 Å². The van der Waals surface area contributed by atoms with Crippen LogP contribution in [-0.4, -0.2) is 23.0 Å². The van der Waals surface area contributed by atoms with Crippen molar-refractivity contribution in [1.82, 2.24) is 15.3 Å². The van der Waals surface area contributed by atoms with Crippen molar-refractivity contribution in [3.05, 3.63) is 65.6 Å². The third-order valence-corrected chi connectivity index (χ3v) is 5.81. The molecule has 0 spiro atoms. The number of furan rings is 1. The van der Waals surface area contributed by atoms with E-state index in [1.54, 1.807) is 25.1 Å². The molecule has 0 aliphatic heterocycles. The number of nitrogens with one attached hydrogen (secondary N) is 1. The molecule has 4 rings (SSSR count). The molecule has 0 saturated carbocycles. The van der Waals surface area contributed by atoms with Gasteiger partial charge in [-0.05, 0) is 48.7 Å². The highest BCUT2D eigenvalue weighted by molar-refractivity contribution is 5.98. The molecule has 0 fully saturated rings. The number of amides is 1. The van der Waals surface area contributed by atoms with Crippen molar-refractivity contribution in [1.29, 1.82) is 0 Å². The molecule has 3 heterocycles. The number of halogens is 3. The minimum atomic E-state index is -4.64. The lowest BCUT2D eigenvalue weighted by atomic mass is 9.85. The zero-order valence-electron chi connectivity index (χ0n) is 20.9. The number of nitrogens with zero attached hydrogens (tertiary/aromatic N) is 2. The normalized spacial score (nSPS) is 14.0. The average molecular weight is 517 g/mol. The number of benzene rings is 1. The second-order valence-corrected chi connectivity index (χ2v) is 9.71. The Labute approximate surface area is 211 Å². The van der Waals surface area contributed by atoms with Gasteiger partial charge in [0, 0.05) is 10.9 Å². The highest BCUT2D eigenvalue weighted by atomic mass is 19.4. The Bertz CT molecular complexity index is 1420. The molecule has 3 N–H and O–H groups in total. The number of methoxy groups -OCH3 is 1. The first-order valence-corrected chi connectivity index (χ1v) is 11.5. The van der Waals surface area contributed by atoms with Crippen LogP contribution in [0.5, 0.6) is 5.75 Å². The van der Waals surface area contributed by atoms with Gasteiger partial charge in [0.1, 0.15) is 22.7 Å². The minimum absolute atomic E-state index is 0.0111. The molecule has 3 aromatic heterocycles. The van der Waals surface area contributed by atoms with Gasteiger partial charge in [-0.25, -0.2) is 9.97 Å². The lowest BCUT2D eigenvalue weighted by Gasteiger charge is -2.29. The standard InChI is InChI=1S/C26H27F3N4O4/c1-13(30)21-20(23(34)33-22(25(2,3)4)17-7-6-12-36-17)32-24(37-21)15-8-10-16(35-5)19-14(15)9-11-18(31-19)26(27,28)29/h6-13,22H,30H2,1-5H3,(H,33,34)/t13-,22-/m0/s1. The van der Waals surface area contributed by atoms with Gasteiger partial charge in [0.25, 0.3) is 5.91 Å². The van der Waals surface area contributed by atoms with Crippen LogP contribution in [-0.2, 0) is 6.18 Å². The van der Waals surface area contributed by atoms with Crippen LogP contribution in [0.1, 0.15) is 67.5 Å². The van der Waals surface area contributed by atoms with E-state index in [0.717, 1.165) is 6.07 Å². The summed E-state index contributed by atoms with van der Waals surface area (Å²) in [7, 11) is 1.34. The van der Waals surface area contributed by atoms with Gasteiger partial charge < -0.3 is 24.6 Å². The van der Waals surface area contributed by atoms with E-state index in [4.69, 9.17) is 19.3 Å². The number of aromatic nitrogens is 2. The Morgan fingerprint density at radius 2 is 1.84 bits per heavy atom. The molecular formula is C26H27F3N4O4. The number of oxazole rings is 1. The van der Waals surface area contributed by atoms with Crippen LogP contribution in [0.2, 0.25) is 0 Å². The number of pyridine rings is 1. The Hall–Kier alpha value is -3.86. The third kappa shape index (κ3) is 5.17. The number of nitrogens with two attached hydrogens (primary N) is 1. The van der Waals surface area contributed by atoms with Crippen LogP contribution in [0.25, 0.3) is 22.4 Å². The average Bonchev–Trinajstić information content (AvgIpc) is 3.50. The molecule has 37 heavy (non-hydrogen) atoms. The van der Waals surface area contributed by atoms with Gasteiger partial charge in [0.15, 0.2) is 11.5 Å². The maximum absolute atomic E-state index is 13.4. The molecule has 196 valence electrons. The lowest BCUT2D eigenvalue weighted by molar-refractivity contribution is -0.140. The number of carbonyl (C=O) groups is 1. The van der Waals surface area contributed by atoms with Gasteiger partial charge in [-0.2, -0.15) is 13.2 Å². The monoisotopic (exact) mass is 516 g/mol. The fraction of sp³-hybridized carbons (Fsp3) is 0.346. The van der Waals surface area contributed by atoms with Gasteiger partial charge in [-0.3, -0.25) is 4.79 Å². The first kappa shape index (κ1) is 26.2. The molecule has 0 aliphatic carbocycles. The number of fused-ring (bicyclic) bond motifs is 1. The van der Waals surface area contributed by atoms with Crippen molar-refractivity contribution in [2.45, 2.75) is 46.0 Å². The zero-order valence-corrected chi connectivity index (χ0v) is 20.9. The van der Waals surface area contributed by atoms with Gasteiger partial charge in [-0.1, -0.05) is 20.8 Å². The first-order valence-electron chi connectivity index (χ1n) is 11.5. The highest BCUT2D eigenvalue weighted by Crippen LogP contribution is 2.38. The van der Waals surface area contributed by atoms with Crippen LogP contribution in [0.4, 0.5) is 13.2 Å². The summed E-state index contributed by atoms with van der Waals surface area (Å²) in [5, 5.41) is 3.25. The van der Waals surface area contributed by atoms with Crippen molar-refractivity contribution in [3.63, 3.8) is 0 Å². The van der Waals surface area contributed by atoms with Crippen molar-refractivity contribution >= 4 is 16.8 Å². The van der Waals surface area contributed by atoms with Crippen molar-refractivity contribution in [2.24, 2.45) is 11.1 Å². The summed E-state index contributed by atoms with van der Waals surface area (Å²) in [5.41, 5.74) is 4.90. The van der Waals surface area contributed by atoms with E-state index in [2.05, 4.69) is 15.3 Å². The quantitative estimate of drug-likeness (QED) is 0.321. The Balaban J connectivity index is 1.80. The van der Waals surface area contributed by atoms with E-state index in [1.165, 1.54) is 25.5 Å². The summed E-state index contributed by atoms with van der Waals surface area (Å²) in [4.78, 5) is 21.6. The fourth-order valence-electron chi connectivity index (χ4n) is 3.99. The number of hydrogen-bond donors (Lipinski definition) is 2. The molecule has 1 aromatic carbocycles. The maximum Gasteiger partial charge on any atom is 0.433 e. The van der Waals surface area contributed by atoms with Crippen molar-refractivity contribution < 1.29 is 31.5 Å². The van der Waals surface area contributed by atoms with Gasteiger partial charge in [0.05, 0.1) is 25.5 Å². The molecule has 1 amide bonds. The maximum atomic E-state index is 13.4. The van der Waals surface area contributed by atoms with E-state index >= 15 is 0 Å². The Morgan fingerprint density at radius 3 is 2.41 bits per heavy atom. The fourth-order valence-corrected chi connectivity index (χ4v) is 3.99. The summed E-state index contributed by atoms with van der Waals surface area (Å²) in [5.74, 6) is 0.321. The van der Waals surface area contributed by atoms with E-state index in [0.29, 0.717) is 16.7 Å². The second kappa shape index (κ2) is 9.55. The summed E-state index contributed by atoms with van der Waals surface area (Å²) in [6, 6.07) is 7.50. The molecule has 2 atom stereocenters. The molecular weight excluding hydrogens is 489 g/mol. The van der Waals surface area contributed by atoms with Crippen molar-refractivity contribution in [2.75, 3.05) is 7.11 Å². The second-order valence-electron chi connectivity index (χ2n) is 9.71. The summed E-state index contributed by atoms with van der Waals surface area (Å²) < 4.78 is 56.6. The van der Waals surface area contributed by atoms with E-state index in [-0.39, 0.29) is 28.6 Å². The largest absolute Gasteiger partial charge is 0.494 e. The van der Waals surface area contributed by atoms with E-state index < -0.39 is 35.3 Å². The number of rotatable bonds is 6. The van der Waals surface area contributed by atoms with Crippen LogP contribution in [0.3, 0.4) is 0 Å². The topological polar surface area (TPSA) is 116 Å². The summed E-state index contributed by atoms with van der Waals surface area (Å²) in [6.45, 7) is 7.49. The SMILES string of the molecule is COc1ccc(-c2nc(C(=O)N[C@@H](c3ccco3)C(C)(C)C)c([C@H](C)N)o2)c2ccc(C(F)(F)F)nc12. The molecule has 0 bridgehead atoms. The predicted molar refractivity (Wildman–Crippen MR) is 130 cm³/mol. The first-order chi connectivity index (χ1) is 17.3. The Morgan fingerprint density at radius 1 is 1.11 bits per heavy atom. The number of hydrogen-bond acceptors (Lipinski definition) is 7. The van der Waals surface area contributed by atoms with Crippen LogP contribution < -0.4 is 15.8 Å². The molecule has 0 radical (unpaired) electrons. The predicted octanol–water partition coefficient (Wildman–Crippen LogP) is 6.05. The molecule has 11 heteroatoms. The number of ether oxygens (including phenoxy) is 1. The highest BCUT2D eigenvalue weighted by Gasteiger charge is 2.34. The van der Waals surface area contributed by atoms with Crippen LogP contribution in [0.15, 0.2) is 51.5 Å². The lowest BCUT2D eigenvalue weighted by Crippen LogP contribution is -2.37. The minimum Gasteiger partial charge on any atom is -0.494 e. The van der Waals surface area contributed by atoms with E-state index in [1.807, 2.05) is 20.8 Å². The number of carbonyl (C=O) groups excluding carboxylic acids is 1. The molecule has 0 saturated heterocycles. The smallest absolute Gasteiger partial charge is 0.433 e. The van der Waals surface area contributed by atoms with Crippen molar-refractivity contribution in [3.8, 4) is 17.2 Å². The molecule has 8 nitrogen and oxygen atoms in total. The van der Waals surface area contributed by atoms with Crippen LogP contribution >= 0.6 is 0 Å². The zero-order chi connectivity index (χ0) is 27.1. The summed E-state index contributed by atoms with van der Waals surface area (Å²) >= 11 is 0.